The number of carbonyl (C=O) groups is 1. The van der Waals surface area contributed by atoms with E-state index in [0.29, 0.717) is 18.9 Å². The summed E-state index contributed by atoms with van der Waals surface area (Å²) in [6, 6.07) is 16.5. The molecule has 3 rings (SSSR count). The summed E-state index contributed by atoms with van der Waals surface area (Å²) in [5.74, 6) is 0.514. The van der Waals surface area contributed by atoms with Crippen LogP contribution in [0.15, 0.2) is 53.0 Å². The van der Waals surface area contributed by atoms with Gasteiger partial charge in [0.1, 0.15) is 0 Å². The van der Waals surface area contributed by atoms with E-state index in [9.17, 15) is 4.79 Å². The van der Waals surface area contributed by atoms with E-state index in [0.717, 1.165) is 22.9 Å². The Bertz CT molecular complexity index is 653. The first kappa shape index (κ1) is 14.3. The molecular weight excluding hydrogens is 326 g/mol. The molecule has 21 heavy (non-hydrogen) atoms. The molecule has 3 heteroatoms. The van der Waals surface area contributed by atoms with Crippen LogP contribution in [0, 0.1) is 0 Å². The maximum absolute atomic E-state index is 12.1. The van der Waals surface area contributed by atoms with Gasteiger partial charge in [-0.1, -0.05) is 52.3 Å². The third-order valence-electron chi connectivity index (χ3n) is 4.07. The highest BCUT2D eigenvalue weighted by molar-refractivity contribution is 9.10. The third kappa shape index (κ3) is 3.53. The predicted molar refractivity (Wildman–Crippen MR) is 88.1 cm³/mol. The van der Waals surface area contributed by atoms with Crippen molar-refractivity contribution < 1.29 is 4.79 Å². The molecule has 0 saturated carbocycles. The molecule has 1 aliphatic carbocycles. The van der Waals surface area contributed by atoms with Crippen molar-refractivity contribution in [3.05, 3.63) is 69.7 Å². The van der Waals surface area contributed by atoms with E-state index in [1.165, 1.54) is 11.1 Å². The molecule has 0 spiro atoms. The fraction of sp³-hybridized carbons (Fsp3) is 0.278. The summed E-state index contributed by atoms with van der Waals surface area (Å²) in [5.41, 5.74) is 3.88. The Balaban J connectivity index is 1.56. The van der Waals surface area contributed by atoms with E-state index < -0.39 is 0 Å². The number of hydrogen-bond donors (Lipinski definition) is 1. The minimum atomic E-state index is 0.136. The first-order chi connectivity index (χ1) is 10.2. The van der Waals surface area contributed by atoms with Gasteiger partial charge in [-0.3, -0.25) is 4.79 Å². The summed E-state index contributed by atoms with van der Waals surface area (Å²) in [5, 5.41) is 3.02. The lowest BCUT2D eigenvalue weighted by Gasteiger charge is -2.12. The highest BCUT2D eigenvalue weighted by atomic mass is 79.9. The molecule has 0 bridgehead atoms. The summed E-state index contributed by atoms with van der Waals surface area (Å²) >= 11 is 3.45. The fourth-order valence-electron chi connectivity index (χ4n) is 3.00. The molecule has 1 N–H and O–H groups in total. The normalized spacial score (nSPS) is 16.5. The Hall–Kier alpha value is -1.61. The molecule has 2 aromatic carbocycles. The van der Waals surface area contributed by atoms with Gasteiger partial charge in [0.25, 0.3) is 0 Å². The van der Waals surface area contributed by atoms with Gasteiger partial charge in [0.2, 0.25) is 5.91 Å². The van der Waals surface area contributed by atoms with Crippen molar-refractivity contribution in [2.75, 3.05) is 0 Å². The predicted octanol–water partition coefficient (Wildman–Crippen LogP) is 4.19. The number of rotatable bonds is 4. The van der Waals surface area contributed by atoms with Gasteiger partial charge < -0.3 is 5.32 Å². The molecule has 0 aromatic heterocycles. The van der Waals surface area contributed by atoms with Gasteiger partial charge in [0.15, 0.2) is 0 Å². The Morgan fingerprint density at radius 3 is 2.90 bits per heavy atom. The van der Waals surface area contributed by atoms with Gasteiger partial charge >= 0.3 is 0 Å². The van der Waals surface area contributed by atoms with Gasteiger partial charge in [0, 0.05) is 17.4 Å². The summed E-state index contributed by atoms with van der Waals surface area (Å²) < 4.78 is 1.04. The molecule has 2 nitrogen and oxygen atoms in total. The van der Waals surface area contributed by atoms with Crippen LogP contribution >= 0.6 is 15.9 Å². The van der Waals surface area contributed by atoms with Gasteiger partial charge in [-0.05, 0) is 47.6 Å². The Morgan fingerprint density at radius 1 is 1.19 bits per heavy atom. The molecule has 1 aliphatic rings. The second-order valence-corrected chi connectivity index (χ2v) is 6.46. The van der Waals surface area contributed by atoms with E-state index >= 15 is 0 Å². The number of halogens is 1. The zero-order valence-corrected chi connectivity index (χ0v) is 13.4. The number of hydrogen-bond acceptors (Lipinski definition) is 1. The van der Waals surface area contributed by atoms with Crippen LogP contribution in [0.3, 0.4) is 0 Å². The SMILES string of the molecule is O=C(CC1CCc2ccccc21)NCc1cccc(Br)c1. The van der Waals surface area contributed by atoms with E-state index in [2.05, 4.69) is 45.5 Å². The monoisotopic (exact) mass is 343 g/mol. The highest BCUT2D eigenvalue weighted by Gasteiger charge is 2.23. The zero-order valence-electron chi connectivity index (χ0n) is 11.8. The lowest BCUT2D eigenvalue weighted by atomic mass is 9.97. The molecule has 1 atom stereocenters. The topological polar surface area (TPSA) is 29.1 Å². The van der Waals surface area contributed by atoms with E-state index in [1.807, 2.05) is 24.3 Å². The Kier molecular flexibility index (Phi) is 4.39. The summed E-state index contributed by atoms with van der Waals surface area (Å²) in [7, 11) is 0. The van der Waals surface area contributed by atoms with Gasteiger partial charge in [-0.25, -0.2) is 0 Å². The summed E-state index contributed by atoms with van der Waals surface area (Å²) in [6.07, 6.45) is 2.77. The van der Waals surface area contributed by atoms with Crippen LogP contribution in [0.4, 0.5) is 0 Å². The molecule has 0 radical (unpaired) electrons. The molecule has 1 unspecified atom stereocenters. The molecule has 2 aromatic rings. The zero-order chi connectivity index (χ0) is 14.7. The Morgan fingerprint density at radius 2 is 2.05 bits per heavy atom. The largest absolute Gasteiger partial charge is 0.352 e. The third-order valence-corrected chi connectivity index (χ3v) is 4.56. The number of fused-ring (bicyclic) bond motifs is 1. The van der Waals surface area contributed by atoms with Crippen molar-refractivity contribution >= 4 is 21.8 Å². The van der Waals surface area contributed by atoms with E-state index in [1.54, 1.807) is 0 Å². The lowest BCUT2D eigenvalue weighted by Crippen LogP contribution is -2.24. The van der Waals surface area contributed by atoms with Crippen LogP contribution in [0.25, 0.3) is 0 Å². The Labute approximate surface area is 133 Å². The fourth-order valence-corrected chi connectivity index (χ4v) is 3.45. The molecule has 0 heterocycles. The van der Waals surface area contributed by atoms with Crippen molar-refractivity contribution in [2.24, 2.45) is 0 Å². The van der Waals surface area contributed by atoms with Gasteiger partial charge in [0.05, 0.1) is 0 Å². The molecule has 1 amide bonds. The summed E-state index contributed by atoms with van der Waals surface area (Å²) in [6.45, 7) is 0.590. The molecule has 0 aliphatic heterocycles. The van der Waals surface area contributed by atoms with Crippen molar-refractivity contribution in [3.8, 4) is 0 Å². The molecule has 0 fully saturated rings. The first-order valence-corrected chi connectivity index (χ1v) is 8.10. The highest BCUT2D eigenvalue weighted by Crippen LogP contribution is 2.35. The van der Waals surface area contributed by atoms with Crippen molar-refractivity contribution in [1.29, 1.82) is 0 Å². The van der Waals surface area contributed by atoms with Crippen LogP contribution in [-0.4, -0.2) is 5.91 Å². The molecular formula is C18H18BrNO. The summed E-state index contributed by atoms with van der Waals surface area (Å²) in [4.78, 5) is 12.1. The molecule has 108 valence electrons. The average Bonchev–Trinajstić information content (AvgIpc) is 2.89. The van der Waals surface area contributed by atoms with Crippen LogP contribution in [0.5, 0.6) is 0 Å². The number of carbonyl (C=O) groups excluding carboxylic acids is 1. The average molecular weight is 344 g/mol. The first-order valence-electron chi connectivity index (χ1n) is 7.31. The lowest BCUT2D eigenvalue weighted by molar-refractivity contribution is -0.121. The number of aryl methyl sites for hydroxylation is 1. The minimum absolute atomic E-state index is 0.136. The number of amides is 1. The van der Waals surface area contributed by atoms with Crippen molar-refractivity contribution in [3.63, 3.8) is 0 Å². The van der Waals surface area contributed by atoms with Crippen molar-refractivity contribution in [1.82, 2.24) is 5.32 Å². The molecule has 0 saturated heterocycles. The maximum Gasteiger partial charge on any atom is 0.220 e. The van der Waals surface area contributed by atoms with Crippen LogP contribution in [0.1, 0.15) is 35.4 Å². The van der Waals surface area contributed by atoms with Crippen LogP contribution in [-0.2, 0) is 17.8 Å². The van der Waals surface area contributed by atoms with Crippen molar-refractivity contribution in [2.45, 2.75) is 31.7 Å². The standard InChI is InChI=1S/C18H18BrNO/c19-16-6-3-4-13(10-16)12-20-18(21)11-15-9-8-14-5-1-2-7-17(14)15/h1-7,10,15H,8-9,11-12H2,(H,20,21). The number of nitrogens with one attached hydrogen (secondary N) is 1. The van der Waals surface area contributed by atoms with Crippen LogP contribution < -0.4 is 5.32 Å². The van der Waals surface area contributed by atoms with E-state index in [-0.39, 0.29) is 5.91 Å². The second kappa shape index (κ2) is 6.44. The maximum atomic E-state index is 12.1. The van der Waals surface area contributed by atoms with E-state index in [4.69, 9.17) is 0 Å². The number of benzene rings is 2. The smallest absolute Gasteiger partial charge is 0.220 e. The second-order valence-electron chi connectivity index (χ2n) is 5.55. The quantitative estimate of drug-likeness (QED) is 0.886. The minimum Gasteiger partial charge on any atom is -0.352 e. The van der Waals surface area contributed by atoms with Crippen LogP contribution in [0.2, 0.25) is 0 Å². The van der Waals surface area contributed by atoms with Gasteiger partial charge in [-0.15, -0.1) is 0 Å². The van der Waals surface area contributed by atoms with Gasteiger partial charge in [-0.2, -0.15) is 0 Å².